The summed E-state index contributed by atoms with van der Waals surface area (Å²) in [5.41, 5.74) is -0.274. The zero-order valence-corrected chi connectivity index (χ0v) is 10.8. The molecule has 0 radical (unpaired) electrons. The van der Waals surface area contributed by atoms with E-state index in [-0.39, 0.29) is 5.69 Å². The van der Waals surface area contributed by atoms with E-state index in [4.69, 9.17) is 9.47 Å². The van der Waals surface area contributed by atoms with Gasteiger partial charge in [-0.1, -0.05) is 12.1 Å². The van der Waals surface area contributed by atoms with Crippen molar-refractivity contribution >= 4 is 0 Å². The fourth-order valence-electron chi connectivity index (χ4n) is 1.66. The van der Waals surface area contributed by atoms with Crippen LogP contribution in [0.25, 0.3) is 0 Å². The number of benzene rings is 1. The molecule has 1 heterocycles. The summed E-state index contributed by atoms with van der Waals surface area (Å²) in [4.78, 5) is 15.1. The first-order valence-corrected chi connectivity index (χ1v) is 6.17. The van der Waals surface area contributed by atoms with Gasteiger partial charge in [0.1, 0.15) is 6.61 Å². The van der Waals surface area contributed by atoms with Gasteiger partial charge in [-0.15, -0.1) is 0 Å². The third-order valence-electron chi connectivity index (χ3n) is 2.52. The highest BCUT2D eigenvalue weighted by Crippen LogP contribution is 2.26. The summed E-state index contributed by atoms with van der Waals surface area (Å²) in [7, 11) is 0. The smallest absolute Gasteiger partial charge is 0.347 e. The third kappa shape index (κ3) is 3.58. The molecule has 0 saturated heterocycles. The van der Waals surface area contributed by atoms with Crippen LogP contribution in [0.3, 0.4) is 0 Å². The average molecular weight is 260 g/mol. The second kappa shape index (κ2) is 6.58. The first-order valence-electron chi connectivity index (χ1n) is 6.17. The Balaban J connectivity index is 1.96. The van der Waals surface area contributed by atoms with Gasteiger partial charge in [-0.3, -0.25) is 4.57 Å². The number of aromatic nitrogens is 2. The minimum absolute atomic E-state index is 0.274. The van der Waals surface area contributed by atoms with Crippen molar-refractivity contribution in [2.75, 3.05) is 13.2 Å². The summed E-state index contributed by atoms with van der Waals surface area (Å²) in [6.07, 6.45) is 3.16. The maximum Gasteiger partial charge on any atom is 0.347 e. The van der Waals surface area contributed by atoms with E-state index in [0.717, 1.165) is 0 Å². The minimum atomic E-state index is -0.274. The lowest BCUT2D eigenvalue weighted by Crippen LogP contribution is -2.24. The molecule has 5 nitrogen and oxygen atoms in total. The van der Waals surface area contributed by atoms with Crippen LogP contribution in [-0.4, -0.2) is 22.8 Å². The van der Waals surface area contributed by atoms with Crippen LogP contribution in [0.5, 0.6) is 11.5 Å². The highest BCUT2D eigenvalue weighted by molar-refractivity contribution is 5.39. The second-order valence-electron chi connectivity index (χ2n) is 3.82. The molecule has 19 heavy (non-hydrogen) atoms. The van der Waals surface area contributed by atoms with E-state index in [1.165, 1.54) is 10.8 Å². The molecule has 0 amide bonds. The summed E-state index contributed by atoms with van der Waals surface area (Å²) in [5.74, 6) is 1.39. The van der Waals surface area contributed by atoms with Crippen LogP contribution in [-0.2, 0) is 6.54 Å². The van der Waals surface area contributed by atoms with E-state index >= 15 is 0 Å². The predicted octanol–water partition coefficient (Wildman–Crippen LogP) is 1.72. The van der Waals surface area contributed by atoms with Gasteiger partial charge >= 0.3 is 5.69 Å². The summed E-state index contributed by atoms with van der Waals surface area (Å²) in [5, 5.41) is 0. The number of para-hydroxylation sites is 2. The van der Waals surface area contributed by atoms with Crippen LogP contribution < -0.4 is 15.2 Å². The number of hydrogen-bond donors (Lipinski definition) is 0. The Kier molecular flexibility index (Phi) is 4.55. The molecule has 0 bridgehead atoms. The molecule has 0 atom stereocenters. The molecule has 0 saturated carbocycles. The van der Waals surface area contributed by atoms with Crippen molar-refractivity contribution < 1.29 is 9.47 Å². The number of nitrogens with zero attached hydrogens (tertiary/aromatic N) is 2. The topological polar surface area (TPSA) is 53.4 Å². The number of rotatable bonds is 6. The lowest BCUT2D eigenvalue weighted by molar-refractivity contribution is 0.265. The lowest BCUT2D eigenvalue weighted by atomic mass is 10.3. The molecule has 0 fully saturated rings. The minimum Gasteiger partial charge on any atom is -0.490 e. The molecule has 0 aliphatic rings. The van der Waals surface area contributed by atoms with Gasteiger partial charge in [0.25, 0.3) is 0 Å². The van der Waals surface area contributed by atoms with E-state index in [1.54, 1.807) is 12.3 Å². The zero-order valence-electron chi connectivity index (χ0n) is 10.8. The van der Waals surface area contributed by atoms with Gasteiger partial charge in [-0.2, -0.15) is 0 Å². The standard InChI is InChI=1S/C14H16N2O3/c1-2-18-12-6-3-4-7-13(12)19-11-10-16-9-5-8-15-14(16)17/h3-9H,2,10-11H2,1H3. The van der Waals surface area contributed by atoms with Crippen LogP contribution in [0.4, 0.5) is 0 Å². The lowest BCUT2D eigenvalue weighted by Gasteiger charge is -2.11. The Morgan fingerprint density at radius 2 is 1.89 bits per heavy atom. The summed E-state index contributed by atoms with van der Waals surface area (Å²) >= 11 is 0. The molecule has 0 N–H and O–H groups in total. The highest BCUT2D eigenvalue weighted by Gasteiger charge is 2.03. The maximum atomic E-state index is 11.4. The Hall–Kier alpha value is -2.30. The molecular weight excluding hydrogens is 244 g/mol. The second-order valence-corrected chi connectivity index (χ2v) is 3.82. The Bertz CT molecular complexity index is 581. The largest absolute Gasteiger partial charge is 0.490 e. The number of ether oxygens (including phenoxy) is 2. The van der Waals surface area contributed by atoms with E-state index in [0.29, 0.717) is 31.3 Å². The van der Waals surface area contributed by atoms with Crippen LogP contribution in [0, 0.1) is 0 Å². The van der Waals surface area contributed by atoms with Gasteiger partial charge in [0.2, 0.25) is 0 Å². The van der Waals surface area contributed by atoms with Crippen molar-refractivity contribution in [1.29, 1.82) is 0 Å². The SMILES string of the molecule is CCOc1ccccc1OCCn1cccnc1=O. The monoisotopic (exact) mass is 260 g/mol. The van der Waals surface area contributed by atoms with Gasteiger partial charge in [0, 0.05) is 12.4 Å². The fourth-order valence-corrected chi connectivity index (χ4v) is 1.66. The molecule has 2 rings (SSSR count). The fraction of sp³-hybridized carbons (Fsp3) is 0.286. The van der Waals surface area contributed by atoms with Crippen LogP contribution in [0.15, 0.2) is 47.5 Å². The quantitative estimate of drug-likeness (QED) is 0.793. The van der Waals surface area contributed by atoms with Gasteiger partial charge in [0.05, 0.1) is 13.2 Å². The molecule has 0 unspecified atom stereocenters. The molecule has 1 aromatic carbocycles. The molecule has 100 valence electrons. The average Bonchev–Trinajstić information content (AvgIpc) is 2.43. The van der Waals surface area contributed by atoms with Crippen LogP contribution in [0.2, 0.25) is 0 Å². The molecule has 0 spiro atoms. The van der Waals surface area contributed by atoms with Gasteiger partial charge in [-0.05, 0) is 25.1 Å². The normalized spacial score (nSPS) is 10.2. The summed E-state index contributed by atoms with van der Waals surface area (Å²) in [6, 6.07) is 9.19. The summed E-state index contributed by atoms with van der Waals surface area (Å²) < 4.78 is 12.6. The van der Waals surface area contributed by atoms with Crippen molar-refractivity contribution in [2.45, 2.75) is 13.5 Å². The molecule has 1 aromatic heterocycles. The zero-order chi connectivity index (χ0) is 13.5. The molecule has 0 aliphatic carbocycles. The predicted molar refractivity (Wildman–Crippen MR) is 71.6 cm³/mol. The van der Waals surface area contributed by atoms with Gasteiger partial charge < -0.3 is 9.47 Å². The van der Waals surface area contributed by atoms with Crippen LogP contribution >= 0.6 is 0 Å². The van der Waals surface area contributed by atoms with Crippen molar-refractivity contribution in [2.24, 2.45) is 0 Å². The van der Waals surface area contributed by atoms with E-state index in [2.05, 4.69) is 4.98 Å². The van der Waals surface area contributed by atoms with Crippen molar-refractivity contribution in [3.8, 4) is 11.5 Å². The Labute approximate surface area is 111 Å². The molecule has 0 aliphatic heterocycles. The Morgan fingerprint density at radius 1 is 1.16 bits per heavy atom. The van der Waals surface area contributed by atoms with Crippen molar-refractivity contribution in [3.63, 3.8) is 0 Å². The summed E-state index contributed by atoms with van der Waals surface area (Å²) in [6.45, 7) is 3.34. The van der Waals surface area contributed by atoms with Crippen molar-refractivity contribution in [1.82, 2.24) is 9.55 Å². The van der Waals surface area contributed by atoms with E-state index in [1.807, 2.05) is 31.2 Å². The molecular formula is C14H16N2O3. The highest BCUT2D eigenvalue weighted by atomic mass is 16.5. The van der Waals surface area contributed by atoms with Gasteiger partial charge in [-0.25, -0.2) is 9.78 Å². The number of hydrogen-bond acceptors (Lipinski definition) is 4. The Morgan fingerprint density at radius 3 is 2.58 bits per heavy atom. The van der Waals surface area contributed by atoms with Gasteiger partial charge in [0.15, 0.2) is 11.5 Å². The molecule has 2 aromatic rings. The van der Waals surface area contributed by atoms with Crippen LogP contribution in [0.1, 0.15) is 6.92 Å². The molecule has 5 heteroatoms. The first-order chi connectivity index (χ1) is 9.31. The third-order valence-corrected chi connectivity index (χ3v) is 2.52. The maximum absolute atomic E-state index is 11.4. The van der Waals surface area contributed by atoms with E-state index < -0.39 is 0 Å². The first kappa shape index (κ1) is 13.1. The van der Waals surface area contributed by atoms with E-state index in [9.17, 15) is 4.79 Å². The van der Waals surface area contributed by atoms with Crippen molar-refractivity contribution in [3.05, 3.63) is 53.2 Å².